The van der Waals surface area contributed by atoms with Crippen LogP contribution in [-0.2, 0) is 86.2 Å². The molecule has 6 N–H and O–H groups in total. The highest BCUT2D eigenvalue weighted by Gasteiger charge is 2.46. The first-order chi connectivity index (χ1) is 53.5. The Bertz CT molecular complexity index is 4910. The maximum absolute atomic E-state index is 13.5. The molecule has 6 atom stereocenters. The molecule has 4 saturated heterocycles. The van der Waals surface area contributed by atoms with Gasteiger partial charge in [0.05, 0.1) is 17.8 Å². The maximum Gasteiger partial charge on any atom is 0.276 e. The number of rotatable bonds is 22. The summed E-state index contributed by atoms with van der Waals surface area (Å²) in [4.78, 5) is 0. The summed E-state index contributed by atoms with van der Waals surface area (Å²) in [6, 6.07) is 19.0. The van der Waals surface area contributed by atoms with Gasteiger partial charge >= 0.3 is 0 Å². The number of hydrogen-bond donors (Lipinski definition) is 5. The van der Waals surface area contributed by atoms with Crippen molar-refractivity contribution >= 4 is 52.9 Å². The molecule has 4 aromatic carbocycles. The largest absolute Gasteiger partial charge is 0.411 e. The molecule has 0 amide bonds. The van der Waals surface area contributed by atoms with Gasteiger partial charge < -0.3 is 25.6 Å². The van der Waals surface area contributed by atoms with Crippen LogP contribution in [0.25, 0.3) is 0 Å². The zero-order valence-electron chi connectivity index (χ0n) is 62.5. The third-order valence-corrected chi connectivity index (χ3v) is 26.8. The molecule has 3 saturated carbocycles. The van der Waals surface area contributed by atoms with Gasteiger partial charge in [-0.2, -0.15) is 12.7 Å². The second-order valence-electron chi connectivity index (χ2n) is 30.9. The fraction of sp³-hybridized carbons (Fsp3) is 0.520. The monoisotopic (exact) mass is 1610 g/mol. The standard InChI is InChI=1S/C20H25FN4O4S.C19H24FN5O4S.C19H22FN3O3.C17H20FN3O4S/c1-12-5-13(3-4-17(12)21)8-18(22-26)20-19(23-29-24-20)9-14-6-15-10-25(30(2,27)28)11-16(15)7-14;1-11-4-12(2-3-16(11)20)7-17(22-26)19-18(23-29-24-19)8-13-5-14-9-25(30(21,27)28)10-15(14)6-13;1-11-4-12(2-3-16(11)20)7-17(21-24)19-18(22-26-23-19)8-13-5-14-9-25-10-15(14)6-13;1-11-8-13(2-3-14(11)18)10-15(19-22)17-16(20-25-21-17)9-12-4-6-26(23,24)7-5-12/h3-5,14-16,26H,6-11H2,1-2H3;2-4,13-15,26H,5-10H2,1H3,(H2,21,27,28);2-4,13-15,24H,5-10H2,1H3;2-3,8,12,22H,4-7,9-10H2,1H3. The van der Waals surface area contributed by atoms with E-state index in [1.165, 1.54) is 34.8 Å². The molecule has 6 unspecified atom stereocenters. The molecule has 7 aliphatic rings. The maximum atomic E-state index is 13.5. The normalized spacial score (nSPS) is 23.6. The average molecular weight is 1610 g/mol. The van der Waals surface area contributed by atoms with E-state index in [1.807, 2.05) is 0 Å². The molecule has 15 rings (SSSR count). The summed E-state index contributed by atoms with van der Waals surface area (Å²) >= 11 is 0. The fourth-order valence-corrected chi connectivity index (χ4v) is 20.4. The van der Waals surface area contributed by atoms with Gasteiger partial charge in [-0.1, -0.05) is 89.8 Å². The van der Waals surface area contributed by atoms with Gasteiger partial charge in [0, 0.05) is 65.1 Å². The van der Waals surface area contributed by atoms with Crippen LogP contribution in [0.2, 0.25) is 0 Å². The molecular weight excluding hydrogens is 1520 g/mol. The van der Waals surface area contributed by atoms with Crippen LogP contribution in [0.1, 0.15) is 141 Å². The average Bonchev–Trinajstić information content (AvgIpc) is 1.64. The van der Waals surface area contributed by atoms with Crippen molar-refractivity contribution in [3.05, 3.63) is 186 Å². The van der Waals surface area contributed by atoms with Gasteiger partial charge in [0.1, 0.15) is 78.7 Å². The number of oxime groups is 4. The quantitative estimate of drug-likeness (QED) is 0.0182. The second-order valence-corrected chi connectivity index (χ2v) is 36.8. The number of nitrogens with two attached hydrogens (primary N) is 1. The number of ether oxygens (including phenoxy) is 1. The van der Waals surface area contributed by atoms with Crippen LogP contribution in [0.4, 0.5) is 17.6 Å². The third-order valence-electron chi connectivity index (χ3n) is 22.8. The van der Waals surface area contributed by atoms with Crippen LogP contribution in [-0.4, -0.2) is 176 Å². The van der Waals surface area contributed by atoms with E-state index in [1.54, 1.807) is 80.5 Å². The Balaban J connectivity index is 0.000000139. The van der Waals surface area contributed by atoms with E-state index in [9.17, 15) is 63.6 Å². The van der Waals surface area contributed by atoms with Gasteiger partial charge in [-0.15, -0.1) is 0 Å². The fourth-order valence-electron chi connectivity index (χ4n) is 17.0. The van der Waals surface area contributed by atoms with Crippen molar-refractivity contribution in [3.63, 3.8) is 0 Å². The molecule has 0 radical (unpaired) electrons. The lowest BCUT2D eigenvalue weighted by Crippen LogP contribution is -2.35. The number of sulfonamides is 1. The van der Waals surface area contributed by atoms with Crippen molar-refractivity contribution in [2.24, 2.45) is 84.9 Å². The lowest BCUT2D eigenvalue weighted by Gasteiger charge is -2.20. The number of nitrogens with zero attached hydrogens (tertiary/aromatic N) is 14. The Morgan fingerprint density at radius 2 is 0.705 bits per heavy atom. The van der Waals surface area contributed by atoms with Crippen molar-refractivity contribution in [2.75, 3.05) is 57.2 Å². The Hall–Kier alpha value is -9.27. The molecule has 7 fully saturated rings. The van der Waals surface area contributed by atoms with Gasteiger partial charge in [0.15, 0.2) is 22.8 Å². The van der Waals surface area contributed by atoms with Crippen LogP contribution in [0.3, 0.4) is 0 Å². The van der Waals surface area contributed by atoms with E-state index in [2.05, 4.69) is 61.9 Å². The third kappa shape index (κ3) is 20.6. The topological polar surface area (TPSA) is 430 Å². The Kier molecular flexibility index (Phi) is 26.3. The minimum absolute atomic E-state index is 0.164. The van der Waals surface area contributed by atoms with E-state index in [4.69, 9.17) is 28.4 Å². The SMILES string of the molecule is Cc1cc(CC(=NO)c2nonc2CC2CC3CN(S(C)(=O)=O)CC3C2)ccc1F.Cc1cc(CC(=NO)c2nonc2CC2CC3CN(S(N)(=O)=O)CC3C2)ccc1F.Cc1cc(CC(=NO)c2nonc2CC2CC3COCC3C2)ccc1F.Cc1cc(CC(=NO)c2nonc2CC2CCS(=O)(=O)CC2)ccc1F. The summed E-state index contributed by atoms with van der Waals surface area (Å²) in [5, 5.41) is 88.4. The van der Waals surface area contributed by atoms with Crippen LogP contribution in [0.15, 0.2) is 112 Å². The minimum atomic E-state index is -3.64. The van der Waals surface area contributed by atoms with E-state index in [0.717, 1.165) is 86.1 Å². The number of sulfone groups is 1. The first-order valence-corrected chi connectivity index (χ1v) is 42.3. The second kappa shape index (κ2) is 35.8. The summed E-state index contributed by atoms with van der Waals surface area (Å²) < 4.78 is 152. The first-order valence-electron chi connectivity index (χ1n) is 37.1. The molecule has 4 aliphatic heterocycles. The molecule has 8 heterocycles. The van der Waals surface area contributed by atoms with Crippen LogP contribution < -0.4 is 5.14 Å². The number of halogens is 4. The number of aromatic nitrogens is 8. The summed E-state index contributed by atoms with van der Waals surface area (Å²) in [5.74, 6) is 3.14. The van der Waals surface area contributed by atoms with Crippen LogP contribution in [0, 0.1) is 110 Å². The van der Waals surface area contributed by atoms with Gasteiger partial charge in [-0.3, -0.25) is 0 Å². The smallest absolute Gasteiger partial charge is 0.276 e. The zero-order chi connectivity index (χ0) is 79.8. The van der Waals surface area contributed by atoms with Crippen molar-refractivity contribution in [1.82, 2.24) is 49.9 Å². The minimum Gasteiger partial charge on any atom is -0.411 e. The Morgan fingerprint density at radius 1 is 0.438 bits per heavy atom. The van der Waals surface area contributed by atoms with E-state index in [-0.39, 0.29) is 77.5 Å². The molecule has 4 aromatic heterocycles. The Labute approximate surface area is 645 Å². The highest BCUT2D eigenvalue weighted by Crippen LogP contribution is 2.46. The summed E-state index contributed by atoms with van der Waals surface area (Å²) in [7, 11) is -9.71. The van der Waals surface area contributed by atoms with Crippen LogP contribution in [0.5, 0.6) is 0 Å². The zero-order valence-corrected chi connectivity index (χ0v) is 65.0. The molecule has 3 aliphatic carbocycles. The van der Waals surface area contributed by atoms with Crippen molar-refractivity contribution in [1.29, 1.82) is 0 Å². The predicted molar refractivity (Wildman–Crippen MR) is 397 cm³/mol. The van der Waals surface area contributed by atoms with Gasteiger partial charge in [-0.05, 0) is 253 Å². The molecular formula is C75H91F4N15O15S3. The van der Waals surface area contributed by atoms with E-state index >= 15 is 0 Å². The summed E-state index contributed by atoms with van der Waals surface area (Å²) in [5.41, 5.74) is 10.7. The van der Waals surface area contributed by atoms with Crippen LogP contribution >= 0.6 is 0 Å². The molecule has 602 valence electrons. The van der Waals surface area contributed by atoms with Crippen molar-refractivity contribution in [3.8, 4) is 0 Å². The molecule has 37 heteroatoms. The number of fused-ring (bicyclic) bond motifs is 3. The highest BCUT2D eigenvalue weighted by atomic mass is 32.2. The van der Waals surface area contributed by atoms with Crippen molar-refractivity contribution < 1.29 is 86.9 Å². The lowest BCUT2D eigenvalue weighted by molar-refractivity contribution is 0.166. The van der Waals surface area contributed by atoms with E-state index < -0.39 is 30.1 Å². The molecule has 8 aromatic rings. The molecule has 0 bridgehead atoms. The highest BCUT2D eigenvalue weighted by molar-refractivity contribution is 7.91. The van der Waals surface area contributed by atoms with E-state index in [0.29, 0.717) is 185 Å². The summed E-state index contributed by atoms with van der Waals surface area (Å²) in [6.45, 7) is 10.5. The Morgan fingerprint density at radius 3 is 0.964 bits per heavy atom. The molecule has 112 heavy (non-hydrogen) atoms. The number of aryl methyl sites for hydroxylation is 4. The molecule has 0 spiro atoms. The first kappa shape index (κ1) is 82.2. The van der Waals surface area contributed by atoms with Gasteiger partial charge in [0.2, 0.25) is 10.0 Å². The van der Waals surface area contributed by atoms with Gasteiger partial charge in [0.25, 0.3) is 10.2 Å². The number of benzene rings is 4. The van der Waals surface area contributed by atoms with Gasteiger partial charge in [-0.25, -0.2) is 62.4 Å². The number of hydrogen-bond acceptors (Lipinski definition) is 27. The predicted octanol–water partition coefficient (Wildman–Crippen LogP) is 9.50. The lowest BCUT2D eigenvalue weighted by atomic mass is 9.94. The van der Waals surface area contributed by atoms with Crippen molar-refractivity contribution in [2.45, 2.75) is 130 Å². The molecule has 30 nitrogen and oxygen atoms in total. The summed E-state index contributed by atoms with van der Waals surface area (Å²) in [6.07, 6.45) is 11.8.